The second-order valence-electron chi connectivity index (χ2n) is 19.0. The van der Waals surface area contributed by atoms with Crippen LogP contribution in [0.2, 0.25) is 0 Å². The van der Waals surface area contributed by atoms with Crippen molar-refractivity contribution in [2.24, 2.45) is 11.1 Å². The zero-order chi connectivity index (χ0) is 50.8. The predicted octanol–water partition coefficient (Wildman–Crippen LogP) is 6.97. The van der Waals surface area contributed by atoms with Gasteiger partial charge in [0.25, 0.3) is 12.9 Å². The molecule has 4 aromatic rings. The van der Waals surface area contributed by atoms with Gasteiger partial charge >= 0.3 is 63.6 Å². The summed E-state index contributed by atoms with van der Waals surface area (Å²) in [4.78, 5) is 76.0. The van der Waals surface area contributed by atoms with Crippen molar-refractivity contribution in [1.29, 1.82) is 0 Å². The number of pyridine rings is 2. The Bertz CT molecular complexity index is 2490. The van der Waals surface area contributed by atoms with E-state index >= 15 is 0 Å². The molecule has 388 valence electrons. The molecular weight excluding hydrogens is 975 g/mol. The van der Waals surface area contributed by atoms with Crippen LogP contribution in [0, 0.1) is 0 Å². The molecule has 2 aromatic heterocycles. The van der Waals surface area contributed by atoms with E-state index in [9.17, 15) is 24.0 Å². The number of nitrogens with zero attached hydrogens (tertiary/aromatic N) is 3. The Balaban J connectivity index is 0.000000657. The van der Waals surface area contributed by atoms with E-state index in [-0.39, 0.29) is 87.1 Å². The van der Waals surface area contributed by atoms with E-state index < -0.39 is 34.6 Å². The first-order valence-electron chi connectivity index (χ1n) is 22.9. The fourth-order valence-electron chi connectivity index (χ4n) is 7.58. The first kappa shape index (κ1) is 65.2. The average molecular weight is 1050 g/mol. The molecule has 0 unspecified atom stereocenters. The maximum atomic E-state index is 12.1. The number of oxime groups is 1. The van der Waals surface area contributed by atoms with Gasteiger partial charge in [0.2, 0.25) is 0 Å². The van der Waals surface area contributed by atoms with Gasteiger partial charge in [-0.15, -0.1) is 12.4 Å². The fraction of sp³-hybridized carbons (Fsp3) is 0.462. The number of ketones is 1. The van der Waals surface area contributed by atoms with Gasteiger partial charge in [-0.05, 0) is 141 Å². The molecule has 2 amide bonds. The number of carbonyl (C=O) groups is 5. The average Bonchev–Trinajstić information content (AvgIpc) is 3.28. The number of halogens is 1. The molecule has 2 aromatic carbocycles. The Kier molecular flexibility index (Phi) is 27.5. The standard InChI is InChI=1S/C26H33N3O5.C25H30N2O5.CH5NO.ClH.K.H2O/c1-18(27-24(31)34-25(2,3)4)22-9-8-20-7-6-19(16-23(20)28-22)10-13-26(33-17-30)14-11-21(12-15-26)29-32-5;1-17(26-23(30)32-24(2,3)4)21-8-7-19-6-5-18(15-22(19)27-21)9-12-25(31-16-28)13-10-20(29)11-14-25;1-3-2;;;/h6-10,13,16-18H,11-12,14-15H2,1-5H3,(H,27,31);5-9,12,15-17H,10-11,13-14H2,1-4H3,(H,26,30);2H2,1H3;1H;;1H2/q;;;;+1;/p-1/b13-10+,29-21?;12-9+;;;;/t18-,26?;17-;;;;/m11..../s1. The number of Topliss-reactive ketones (excluding diaryl/α,β-unsaturated/α-hetero) is 1. The predicted molar refractivity (Wildman–Crippen MR) is 274 cm³/mol. The van der Waals surface area contributed by atoms with Crippen LogP contribution in [0.3, 0.4) is 0 Å². The van der Waals surface area contributed by atoms with Crippen molar-refractivity contribution in [3.8, 4) is 0 Å². The summed E-state index contributed by atoms with van der Waals surface area (Å²) in [6, 6.07) is 18.9. The quantitative estimate of drug-likeness (QED) is 0.0529. The molecule has 5 N–H and O–H groups in total. The van der Waals surface area contributed by atoms with Crippen LogP contribution in [0.15, 0.2) is 78.0 Å². The maximum Gasteiger partial charge on any atom is 1.00 e. The first-order chi connectivity index (χ1) is 32.6. The molecule has 2 fully saturated rings. The smallest absolute Gasteiger partial charge is 0.870 e. The Morgan fingerprint density at radius 1 is 0.681 bits per heavy atom. The number of nitrogens with two attached hydrogens (primary N) is 1. The third-order valence-corrected chi connectivity index (χ3v) is 11.1. The van der Waals surface area contributed by atoms with Crippen molar-refractivity contribution in [3.05, 3.63) is 95.3 Å². The molecule has 2 aliphatic carbocycles. The number of ether oxygens (including phenoxy) is 4. The van der Waals surface area contributed by atoms with Crippen LogP contribution in [-0.4, -0.2) is 88.7 Å². The number of alkyl carbamates (subject to hydrolysis) is 2. The Labute approximate surface area is 471 Å². The van der Waals surface area contributed by atoms with Crippen molar-refractivity contribution in [3.63, 3.8) is 0 Å². The summed E-state index contributed by atoms with van der Waals surface area (Å²) in [5, 5.41) is 11.6. The van der Waals surface area contributed by atoms with E-state index in [1.54, 1.807) is 0 Å². The number of benzene rings is 2. The number of amides is 2. The normalized spacial score (nSPS) is 17.1. The summed E-state index contributed by atoms with van der Waals surface area (Å²) in [5.74, 6) is 4.54. The summed E-state index contributed by atoms with van der Waals surface area (Å²) in [6.07, 6.45) is 11.2. The third kappa shape index (κ3) is 21.3. The van der Waals surface area contributed by atoms with Gasteiger partial charge in [-0.1, -0.05) is 53.7 Å². The second kappa shape index (κ2) is 30.4. The molecule has 2 heterocycles. The minimum Gasteiger partial charge on any atom is -0.870 e. The van der Waals surface area contributed by atoms with E-state index in [1.165, 1.54) is 14.2 Å². The van der Waals surface area contributed by atoms with Crippen molar-refractivity contribution in [2.45, 2.75) is 141 Å². The van der Waals surface area contributed by atoms with Crippen molar-refractivity contribution in [2.75, 3.05) is 14.2 Å². The Morgan fingerprint density at radius 3 is 1.39 bits per heavy atom. The molecule has 0 bridgehead atoms. The molecule has 6 rings (SSSR count). The molecule has 0 aliphatic heterocycles. The summed E-state index contributed by atoms with van der Waals surface area (Å²) in [5.41, 5.74) is 3.31. The van der Waals surface area contributed by atoms with Crippen molar-refractivity contribution >= 4 is 83.0 Å². The topological polar surface area (TPSA) is 259 Å². The summed E-state index contributed by atoms with van der Waals surface area (Å²) >= 11 is 0. The first-order valence-corrected chi connectivity index (χ1v) is 22.9. The maximum absolute atomic E-state index is 12.1. The number of nitrogens with one attached hydrogen (secondary N) is 2. The molecule has 2 atom stereocenters. The molecule has 0 saturated heterocycles. The molecule has 18 nitrogen and oxygen atoms in total. The van der Waals surface area contributed by atoms with Crippen LogP contribution in [0.25, 0.3) is 34.0 Å². The van der Waals surface area contributed by atoms with Gasteiger partial charge in [0, 0.05) is 23.6 Å². The van der Waals surface area contributed by atoms with Crippen LogP contribution in [-0.2, 0) is 43.0 Å². The Morgan fingerprint density at radius 2 is 1.04 bits per heavy atom. The van der Waals surface area contributed by atoms with E-state index in [1.807, 2.05) is 140 Å². The Hall–Kier alpha value is -4.83. The summed E-state index contributed by atoms with van der Waals surface area (Å²) in [6.45, 7) is 15.6. The van der Waals surface area contributed by atoms with Crippen molar-refractivity contribution < 1.29 is 109 Å². The molecule has 0 spiro atoms. The molecule has 0 radical (unpaired) electrons. The van der Waals surface area contributed by atoms with Gasteiger partial charge < -0.3 is 44.7 Å². The van der Waals surface area contributed by atoms with Crippen LogP contribution < -0.4 is 67.9 Å². The second-order valence-corrected chi connectivity index (χ2v) is 19.0. The van der Waals surface area contributed by atoms with E-state index in [2.05, 4.69) is 26.5 Å². The number of hydrogen-bond acceptors (Lipinski definition) is 16. The largest absolute Gasteiger partial charge is 1.00 e. The minimum absolute atomic E-state index is 0. The van der Waals surface area contributed by atoms with E-state index in [0.717, 1.165) is 50.0 Å². The summed E-state index contributed by atoms with van der Waals surface area (Å²) < 4.78 is 21.5. The molecule has 72 heavy (non-hydrogen) atoms. The number of carbonyl (C=O) groups excluding carboxylic acids is 5. The van der Waals surface area contributed by atoms with Gasteiger partial charge in [0.05, 0.1) is 47.3 Å². The number of fused-ring (bicyclic) bond motifs is 2. The van der Waals surface area contributed by atoms with Gasteiger partial charge in [-0.3, -0.25) is 24.4 Å². The van der Waals surface area contributed by atoms with Crippen LogP contribution in [0.1, 0.15) is 141 Å². The number of hydrogen-bond donors (Lipinski definition) is 3. The van der Waals surface area contributed by atoms with E-state index in [4.69, 9.17) is 33.8 Å². The van der Waals surface area contributed by atoms with Gasteiger partial charge in [-0.2, -0.15) is 0 Å². The fourth-order valence-corrected chi connectivity index (χ4v) is 7.58. The van der Waals surface area contributed by atoms with Crippen LogP contribution >= 0.6 is 12.4 Å². The van der Waals surface area contributed by atoms with Crippen LogP contribution in [0.4, 0.5) is 9.59 Å². The van der Waals surface area contributed by atoms with Gasteiger partial charge in [-0.25, -0.2) is 15.5 Å². The third-order valence-electron chi connectivity index (χ3n) is 11.1. The summed E-state index contributed by atoms with van der Waals surface area (Å²) in [7, 11) is 2.93. The zero-order valence-corrected chi connectivity index (χ0v) is 47.3. The van der Waals surface area contributed by atoms with E-state index in [0.29, 0.717) is 64.3 Å². The minimum atomic E-state index is -0.744. The zero-order valence-electron chi connectivity index (χ0n) is 43.3. The van der Waals surface area contributed by atoms with Gasteiger partial charge in [0.15, 0.2) is 0 Å². The monoisotopic (exact) mass is 1040 g/mol. The van der Waals surface area contributed by atoms with Crippen LogP contribution in [0.5, 0.6) is 0 Å². The number of aromatic nitrogens is 2. The molecular formula is C52H70ClKN6O12. The molecule has 2 saturated carbocycles. The van der Waals surface area contributed by atoms with Gasteiger partial charge in [0.1, 0.15) is 35.3 Å². The molecule has 2 aliphatic rings. The van der Waals surface area contributed by atoms with Crippen molar-refractivity contribution in [1.82, 2.24) is 20.6 Å². The molecule has 20 heteroatoms. The number of rotatable bonds is 13. The SMILES string of the molecule is CON.CON=C1CCC(/C=C/c2ccc3ccc([C@@H](C)NC(=O)OC(C)(C)C)nc3c2)(OC=O)CC1.C[C@@H](NC(=O)OC(C)(C)C)c1ccc2ccc(/C=C/C3(OC=O)CCC(=O)CC3)cc2n1.Cl.[K+].[OH-].